The van der Waals surface area contributed by atoms with E-state index < -0.39 is 115 Å². The largest absolute Gasteiger partial charge is 0.467 e. The van der Waals surface area contributed by atoms with Crippen molar-refractivity contribution in [1.29, 1.82) is 0 Å². The van der Waals surface area contributed by atoms with Crippen molar-refractivity contribution in [2.24, 2.45) is 0 Å². The highest BCUT2D eigenvalue weighted by Crippen LogP contribution is 2.47. The summed E-state index contributed by atoms with van der Waals surface area (Å²) in [6.07, 6.45) is -10.3. The van der Waals surface area contributed by atoms with Crippen molar-refractivity contribution >= 4 is 64.5 Å². The van der Waals surface area contributed by atoms with Crippen LogP contribution in [0.3, 0.4) is 0 Å². The van der Waals surface area contributed by atoms with E-state index in [0.29, 0.717) is 39.8 Å². The highest BCUT2D eigenvalue weighted by molar-refractivity contribution is 5.96. The summed E-state index contributed by atoms with van der Waals surface area (Å²) < 4.78 is 67.4. The molecule has 1 fully saturated rings. The number of benzene rings is 4. The number of amides is 3. The molecule has 2 aromatic heterocycles. The molecule has 5 heterocycles. The van der Waals surface area contributed by atoms with Gasteiger partial charge in [-0.05, 0) is 88.9 Å². The zero-order chi connectivity index (χ0) is 61.7. The van der Waals surface area contributed by atoms with Gasteiger partial charge in [0.25, 0.3) is 5.56 Å². The third kappa shape index (κ3) is 11.0. The molecule has 0 unspecified atom stereocenters. The molecule has 0 saturated carbocycles. The average molecular weight is 1200 g/mol. The Labute approximate surface area is 494 Å². The zero-order valence-electron chi connectivity index (χ0n) is 47.8. The van der Waals surface area contributed by atoms with Crippen LogP contribution < -0.4 is 26.2 Å². The highest BCUT2D eigenvalue weighted by Gasteiger charge is 2.56. The zero-order valence-corrected chi connectivity index (χ0v) is 47.8. The second kappa shape index (κ2) is 23.6. The first-order valence-corrected chi connectivity index (χ1v) is 27.9. The molecule has 2 aliphatic carbocycles. The van der Waals surface area contributed by atoms with Crippen LogP contribution in [0.5, 0.6) is 5.75 Å². The number of cyclic esters (lactones) is 1. The molecule has 7 atom stereocenters. The standard InChI is InChI=1S/C62H58FN5O19/c1-7-62(78)41-21-46-51-38(24-68(46)56(73)40(41)27-80-59(62)75)50-43(18-17-33-28(2)42(63)22-45(66-51)49(33)50)67-61(77)81-25-32-16-19-47(86-58-55(85-31(5)71)53(84-30(4)70)52(83-29(3)69)54(87-58)57(74)79-6)44(20-32)65-48(72)23-64-60(76)82-26-39-36-14-10-8-12-34(36)35-13-9-11-15-37(35)39/h8-16,19-22,39,43,52-55,58,78H,7,17-18,23-27H2,1-6H3,(H,64,76)(H,65,72)(H,67,77)/t43-,52-,53-,54-,55+,58+,62-/m0/s1. The van der Waals surface area contributed by atoms with Crippen LogP contribution in [0.4, 0.5) is 19.7 Å². The van der Waals surface area contributed by atoms with Crippen molar-refractivity contribution in [3.05, 3.63) is 145 Å². The SMILES string of the molecule is CC[C@@]1(O)C(=O)OCc2c1cc1n(c2=O)Cc2c-1nc1cc(F)c(C)c3c1c2[C@@H](NC(=O)OCc1ccc(O[C@@H]2O[C@H](C(=O)OC)[C@@H](OC(C)=O)[C@H](OC(C)=O)[C@H]2OC(C)=O)c(NC(=O)CNC(=O)OCC2c4ccccc4-c4ccccc42)c1)CC3. The number of pyridine rings is 2. The van der Waals surface area contributed by atoms with Crippen LogP contribution in [0.15, 0.2) is 83.7 Å². The van der Waals surface area contributed by atoms with Crippen LogP contribution >= 0.6 is 0 Å². The molecule has 4 N–H and O–H groups in total. The van der Waals surface area contributed by atoms with Crippen LogP contribution in [0.25, 0.3) is 33.4 Å². The van der Waals surface area contributed by atoms with Crippen LogP contribution in [0, 0.1) is 12.7 Å². The minimum atomic E-state index is -2.11. The van der Waals surface area contributed by atoms with Crippen LogP contribution in [0.2, 0.25) is 0 Å². The first-order valence-electron chi connectivity index (χ1n) is 27.9. The fourth-order valence-corrected chi connectivity index (χ4v) is 12.2. The average Bonchev–Trinajstić information content (AvgIpc) is 1.75. The van der Waals surface area contributed by atoms with E-state index in [1.807, 2.05) is 48.5 Å². The van der Waals surface area contributed by atoms with Gasteiger partial charge in [0.05, 0.1) is 47.9 Å². The number of hydrogen-bond acceptors (Lipinski definition) is 20. The summed E-state index contributed by atoms with van der Waals surface area (Å²) in [5.41, 5.74) is 4.59. The maximum Gasteiger partial charge on any atom is 0.407 e. The number of aryl methyl sites for hydroxylation is 1. The van der Waals surface area contributed by atoms with Gasteiger partial charge in [0.2, 0.25) is 18.3 Å². The molecule has 6 aromatic rings. The van der Waals surface area contributed by atoms with Crippen molar-refractivity contribution in [3.63, 3.8) is 0 Å². The molecule has 25 heteroatoms. The molecule has 4 aromatic carbocycles. The van der Waals surface area contributed by atoms with Gasteiger partial charge in [-0.2, -0.15) is 0 Å². The molecule has 452 valence electrons. The number of esters is 5. The smallest absolute Gasteiger partial charge is 0.407 e. The number of fused-ring (bicyclic) bond motifs is 8. The third-order valence-electron chi connectivity index (χ3n) is 16.2. The summed E-state index contributed by atoms with van der Waals surface area (Å²) in [7, 11) is 1.02. The number of nitrogens with one attached hydrogen (secondary N) is 3. The molecule has 24 nitrogen and oxygen atoms in total. The number of aliphatic hydroxyl groups is 1. The van der Waals surface area contributed by atoms with Crippen molar-refractivity contribution in [2.75, 3.05) is 25.6 Å². The Balaban J connectivity index is 0.864. The lowest BCUT2D eigenvalue weighted by atomic mass is 9.81. The number of carbonyl (C=O) groups excluding carboxylic acids is 8. The van der Waals surface area contributed by atoms with Gasteiger partial charge in [-0.3, -0.25) is 24.0 Å². The number of nitrogens with zero attached hydrogens (tertiary/aromatic N) is 2. The number of alkyl carbamates (subject to hydrolysis) is 2. The van der Waals surface area contributed by atoms with Crippen LogP contribution in [-0.4, -0.2) is 114 Å². The van der Waals surface area contributed by atoms with E-state index >= 15 is 4.39 Å². The summed E-state index contributed by atoms with van der Waals surface area (Å²) in [4.78, 5) is 124. The van der Waals surface area contributed by atoms with Crippen LogP contribution in [-0.2, 0) is 98.4 Å². The van der Waals surface area contributed by atoms with Gasteiger partial charge in [0.15, 0.2) is 23.9 Å². The first kappa shape index (κ1) is 59.0. The van der Waals surface area contributed by atoms with Crippen molar-refractivity contribution in [3.8, 4) is 28.3 Å². The number of carbonyl (C=O) groups is 8. The number of aromatic nitrogens is 2. The van der Waals surface area contributed by atoms with E-state index in [1.165, 1.54) is 34.9 Å². The fourth-order valence-electron chi connectivity index (χ4n) is 12.2. The predicted octanol–water partition coefficient (Wildman–Crippen LogP) is 5.99. The lowest BCUT2D eigenvalue weighted by Gasteiger charge is -2.43. The van der Waals surface area contributed by atoms with Gasteiger partial charge in [-0.15, -0.1) is 0 Å². The number of hydrogen-bond donors (Lipinski definition) is 4. The van der Waals surface area contributed by atoms with E-state index in [2.05, 4.69) is 16.0 Å². The molecular formula is C62H58FN5O19. The Bertz CT molecular complexity index is 3910. The lowest BCUT2D eigenvalue weighted by Crippen LogP contribution is -2.64. The molecule has 87 heavy (non-hydrogen) atoms. The Morgan fingerprint density at radius 3 is 2.18 bits per heavy atom. The third-order valence-corrected chi connectivity index (χ3v) is 16.2. The van der Waals surface area contributed by atoms with E-state index in [4.69, 9.17) is 47.6 Å². The van der Waals surface area contributed by atoms with Gasteiger partial charge in [0.1, 0.15) is 37.9 Å². The van der Waals surface area contributed by atoms with Crippen LogP contribution in [0.1, 0.15) is 103 Å². The van der Waals surface area contributed by atoms with Crippen molar-refractivity contribution < 1.29 is 90.5 Å². The molecule has 1 saturated heterocycles. The summed E-state index contributed by atoms with van der Waals surface area (Å²) in [6, 6.07) is 21.6. The maximum atomic E-state index is 15.6. The number of halogens is 1. The van der Waals surface area contributed by atoms with Gasteiger partial charge >= 0.3 is 42.0 Å². The second-order valence-corrected chi connectivity index (χ2v) is 21.5. The summed E-state index contributed by atoms with van der Waals surface area (Å²) in [5, 5.41) is 20.1. The van der Waals surface area contributed by atoms with Gasteiger partial charge in [-0.25, -0.2) is 28.6 Å². The molecule has 5 aliphatic rings. The Kier molecular flexibility index (Phi) is 16.0. The molecule has 0 radical (unpaired) electrons. The number of rotatable bonds is 15. The lowest BCUT2D eigenvalue weighted by molar-refractivity contribution is -0.282. The first-order chi connectivity index (χ1) is 41.7. The maximum absolute atomic E-state index is 15.6. The molecule has 3 aliphatic heterocycles. The topological polar surface area (TPSA) is 311 Å². The van der Waals surface area contributed by atoms with Crippen molar-refractivity contribution in [1.82, 2.24) is 20.2 Å². The Morgan fingerprint density at radius 2 is 1.51 bits per heavy atom. The van der Waals surface area contributed by atoms with Crippen molar-refractivity contribution in [2.45, 2.75) is 122 Å². The second-order valence-electron chi connectivity index (χ2n) is 21.5. The summed E-state index contributed by atoms with van der Waals surface area (Å²) in [6.45, 7) is 4.75. The Morgan fingerprint density at radius 1 is 0.828 bits per heavy atom. The Hall–Kier alpha value is -9.75. The van der Waals surface area contributed by atoms with Gasteiger partial charge < -0.3 is 68.3 Å². The number of methoxy groups -OCH3 is 1. The molecule has 3 amide bonds. The molecule has 11 rings (SSSR count). The van der Waals surface area contributed by atoms with E-state index in [9.17, 15) is 48.3 Å². The minimum absolute atomic E-state index is 0.0190. The number of ether oxygens (including phenoxy) is 9. The normalized spacial score (nSPS) is 21.1. The molecule has 0 spiro atoms. The molecular weight excluding hydrogens is 1140 g/mol. The number of anilines is 1. The quantitative estimate of drug-likeness (QED) is 0.0676. The monoisotopic (exact) mass is 1200 g/mol. The molecule has 0 bridgehead atoms. The van der Waals surface area contributed by atoms with E-state index in [-0.39, 0.29) is 77.9 Å². The van der Waals surface area contributed by atoms with Gasteiger partial charge in [0, 0.05) is 49.3 Å². The van der Waals surface area contributed by atoms with E-state index in [1.54, 1.807) is 13.8 Å². The van der Waals surface area contributed by atoms with Gasteiger partial charge in [-0.1, -0.05) is 61.5 Å². The fraction of sp³-hybridized carbons (Fsp3) is 0.355. The summed E-state index contributed by atoms with van der Waals surface area (Å²) in [5.74, 6) is -6.68. The van der Waals surface area contributed by atoms with E-state index in [0.717, 1.165) is 50.1 Å². The predicted molar refractivity (Wildman–Crippen MR) is 300 cm³/mol. The minimum Gasteiger partial charge on any atom is -0.467 e. The highest BCUT2D eigenvalue weighted by atomic mass is 19.1. The summed E-state index contributed by atoms with van der Waals surface area (Å²) >= 11 is 0.